The Morgan fingerprint density at radius 3 is 2.24 bits per heavy atom. The maximum atomic E-state index is 12.5. The van der Waals surface area contributed by atoms with Gasteiger partial charge in [0.1, 0.15) is 0 Å². The van der Waals surface area contributed by atoms with Crippen LogP contribution < -0.4 is 16.0 Å². The number of hydrogen-bond donors (Lipinski definition) is 3. The van der Waals surface area contributed by atoms with Gasteiger partial charge in [-0.3, -0.25) is 14.8 Å². The molecule has 29 heavy (non-hydrogen) atoms. The molecule has 0 saturated heterocycles. The quantitative estimate of drug-likeness (QED) is 0.227. The summed E-state index contributed by atoms with van der Waals surface area (Å²) in [5.74, 6) is 0.147. The highest BCUT2D eigenvalue weighted by molar-refractivity contribution is 14.0. The summed E-state index contributed by atoms with van der Waals surface area (Å²) in [6, 6.07) is 9.81. The second kappa shape index (κ2) is 12.2. The van der Waals surface area contributed by atoms with Gasteiger partial charge < -0.3 is 16.0 Å². The molecule has 1 amide bonds. The van der Waals surface area contributed by atoms with Crippen LogP contribution in [0.15, 0.2) is 53.7 Å². The van der Waals surface area contributed by atoms with Crippen LogP contribution in [0.2, 0.25) is 0 Å². The lowest BCUT2D eigenvalue weighted by molar-refractivity contribution is -0.137. The topological polar surface area (TPSA) is 78.4 Å². The maximum absolute atomic E-state index is 12.5. The van der Waals surface area contributed by atoms with Gasteiger partial charge in [0, 0.05) is 50.6 Å². The number of carbonyl (C=O) groups is 1. The number of amides is 1. The molecule has 6 nitrogen and oxygen atoms in total. The Balaban J connectivity index is 0.00000420. The Kier molecular flexibility index (Phi) is 10.4. The van der Waals surface area contributed by atoms with Gasteiger partial charge in [-0.05, 0) is 36.4 Å². The fourth-order valence-corrected chi connectivity index (χ4v) is 2.35. The van der Waals surface area contributed by atoms with E-state index in [2.05, 4.69) is 25.9 Å². The monoisotopic (exact) mass is 521 g/mol. The Morgan fingerprint density at radius 2 is 1.66 bits per heavy atom. The smallest absolute Gasteiger partial charge is 0.356 e. The van der Waals surface area contributed by atoms with Crippen molar-refractivity contribution in [1.29, 1.82) is 0 Å². The van der Waals surface area contributed by atoms with Crippen molar-refractivity contribution >= 4 is 35.8 Å². The van der Waals surface area contributed by atoms with Crippen LogP contribution in [0.3, 0.4) is 0 Å². The molecule has 0 atom stereocenters. The number of rotatable bonds is 7. The van der Waals surface area contributed by atoms with Crippen LogP contribution in [-0.4, -0.2) is 43.5 Å². The fraction of sp³-hybridized carbons (Fsp3) is 0.316. The summed E-state index contributed by atoms with van der Waals surface area (Å²) in [4.78, 5) is 20.3. The molecular weight excluding hydrogens is 498 g/mol. The average Bonchev–Trinajstić information content (AvgIpc) is 2.70. The van der Waals surface area contributed by atoms with Crippen molar-refractivity contribution in [1.82, 2.24) is 20.9 Å². The standard InChI is InChI=1S/C19H22F3N5O.HI/c1-23-18(26-11-9-16-4-2-3-10-24-16)27-13-12-25-17(28)14-5-7-15(8-6-14)19(20,21)22;/h2-8,10H,9,11-13H2,1H3,(H,25,28)(H2,23,26,27);1H. The molecule has 1 aromatic heterocycles. The first kappa shape index (κ1) is 24.7. The highest BCUT2D eigenvalue weighted by atomic mass is 127. The first-order chi connectivity index (χ1) is 13.4. The molecule has 0 unspecified atom stereocenters. The number of nitrogens with one attached hydrogen (secondary N) is 3. The third kappa shape index (κ3) is 8.67. The van der Waals surface area contributed by atoms with Gasteiger partial charge in [-0.2, -0.15) is 13.2 Å². The molecule has 1 aromatic carbocycles. The fourth-order valence-electron chi connectivity index (χ4n) is 2.35. The van der Waals surface area contributed by atoms with E-state index in [1.54, 1.807) is 13.2 Å². The molecule has 3 N–H and O–H groups in total. The zero-order chi connectivity index (χ0) is 20.4. The molecule has 0 radical (unpaired) electrons. The van der Waals surface area contributed by atoms with Crippen molar-refractivity contribution in [2.45, 2.75) is 12.6 Å². The Labute approximate surface area is 184 Å². The predicted octanol–water partition coefficient (Wildman–Crippen LogP) is 2.86. The number of halogens is 4. The van der Waals surface area contributed by atoms with Crippen LogP contribution in [-0.2, 0) is 12.6 Å². The number of pyridine rings is 1. The lowest BCUT2D eigenvalue weighted by atomic mass is 10.1. The van der Waals surface area contributed by atoms with Gasteiger partial charge in [0.2, 0.25) is 0 Å². The predicted molar refractivity (Wildman–Crippen MR) is 116 cm³/mol. The van der Waals surface area contributed by atoms with Gasteiger partial charge in [0.25, 0.3) is 5.91 Å². The van der Waals surface area contributed by atoms with Crippen LogP contribution >= 0.6 is 24.0 Å². The van der Waals surface area contributed by atoms with E-state index in [1.165, 1.54) is 0 Å². The average molecular weight is 521 g/mol. The van der Waals surface area contributed by atoms with E-state index in [1.807, 2.05) is 18.2 Å². The van der Waals surface area contributed by atoms with Crippen molar-refractivity contribution in [2.24, 2.45) is 4.99 Å². The van der Waals surface area contributed by atoms with Crippen LogP contribution in [0, 0.1) is 0 Å². The largest absolute Gasteiger partial charge is 0.416 e. The summed E-state index contributed by atoms with van der Waals surface area (Å²) >= 11 is 0. The third-order valence-corrected chi connectivity index (χ3v) is 3.80. The van der Waals surface area contributed by atoms with E-state index in [9.17, 15) is 18.0 Å². The molecule has 158 valence electrons. The number of nitrogens with zero attached hydrogens (tertiary/aromatic N) is 2. The number of aromatic nitrogens is 1. The maximum Gasteiger partial charge on any atom is 0.416 e. The van der Waals surface area contributed by atoms with Crippen molar-refractivity contribution < 1.29 is 18.0 Å². The zero-order valence-electron chi connectivity index (χ0n) is 15.8. The summed E-state index contributed by atoms with van der Waals surface area (Å²) in [6.07, 6.45) is -1.94. The number of carbonyl (C=O) groups excluding carboxylic acids is 1. The first-order valence-electron chi connectivity index (χ1n) is 8.70. The van der Waals surface area contributed by atoms with Gasteiger partial charge >= 0.3 is 6.18 Å². The number of guanidine groups is 1. The minimum absolute atomic E-state index is 0. The molecule has 0 saturated carbocycles. The van der Waals surface area contributed by atoms with Gasteiger partial charge in [-0.1, -0.05) is 6.07 Å². The van der Waals surface area contributed by atoms with Crippen LogP contribution in [0.1, 0.15) is 21.6 Å². The van der Waals surface area contributed by atoms with Gasteiger partial charge in [0.15, 0.2) is 5.96 Å². The van der Waals surface area contributed by atoms with E-state index in [0.717, 1.165) is 36.4 Å². The molecule has 0 bridgehead atoms. The summed E-state index contributed by atoms with van der Waals surface area (Å²) in [5, 5.41) is 8.83. The Morgan fingerprint density at radius 1 is 1.00 bits per heavy atom. The molecule has 0 aliphatic carbocycles. The Hall–Kier alpha value is -2.37. The lowest BCUT2D eigenvalue weighted by Gasteiger charge is -2.12. The van der Waals surface area contributed by atoms with E-state index < -0.39 is 17.6 Å². The molecule has 2 rings (SSSR count). The molecule has 1 heterocycles. The zero-order valence-corrected chi connectivity index (χ0v) is 18.1. The van der Waals surface area contributed by atoms with Crippen LogP contribution in [0.25, 0.3) is 0 Å². The lowest BCUT2D eigenvalue weighted by Crippen LogP contribution is -2.42. The van der Waals surface area contributed by atoms with E-state index in [4.69, 9.17) is 0 Å². The molecule has 0 aliphatic heterocycles. The second-order valence-electron chi connectivity index (χ2n) is 5.83. The van der Waals surface area contributed by atoms with Crippen molar-refractivity contribution in [3.8, 4) is 0 Å². The van der Waals surface area contributed by atoms with Gasteiger partial charge in [-0.25, -0.2) is 0 Å². The van der Waals surface area contributed by atoms with Crippen molar-refractivity contribution in [3.63, 3.8) is 0 Å². The molecule has 0 aliphatic rings. The van der Waals surface area contributed by atoms with E-state index in [-0.39, 0.29) is 29.5 Å². The molecule has 2 aromatic rings. The summed E-state index contributed by atoms with van der Waals surface area (Å²) in [6.45, 7) is 1.35. The highest BCUT2D eigenvalue weighted by Gasteiger charge is 2.30. The number of benzene rings is 1. The minimum atomic E-state index is -4.42. The Bertz CT molecular complexity index is 783. The summed E-state index contributed by atoms with van der Waals surface area (Å²) in [5.41, 5.74) is 0.353. The van der Waals surface area contributed by atoms with E-state index >= 15 is 0 Å². The number of hydrogen-bond acceptors (Lipinski definition) is 3. The molecule has 10 heteroatoms. The second-order valence-corrected chi connectivity index (χ2v) is 5.83. The minimum Gasteiger partial charge on any atom is -0.356 e. The highest BCUT2D eigenvalue weighted by Crippen LogP contribution is 2.28. The summed E-state index contributed by atoms with van der Waals surface area (Å²) < 4.78 is 37.6. The van der Waals surface area contributed by atoms with Crippen molar-refractivity contribution in [3.05, 3.63) is 65.5 Å². The van der Waals surface area contributed by atoms with Gasteiger partial charge in [-0.15, -0.1) is 24.0 Å². The van der Waals surface area contributed by atoms with E-state index in [0.29, 0.717) is 25.6 Å². The van der Waals surface area contributed by atoms with Gasteiger partial charge in [0.05, 0.1) is 5.56 Å². The normalized spacial score (nSPS) is 11.4. The summed E-state index contributed by atoms with van der Waals surface area (Å²) in [7, 11) is 1.64. The number of alkyl halides is 3. The SMILES string of the molecule is CN=C(NCCNC(=O)c1ccc(C(F)(F)F)cc1)NCCc1ccccn1.I. The van der Waals surface area contributed by atoms with Crippen molar-refractivity contribution in [2.75, 3.05) is 26.7 Å². The molecule has 0 fully saturated rings. The van der Waals surface area contributed by atoms with Crippen LogP contribution in [0.5, 0.6) is 0 Å². The number of aliphatic imine (C=N–C) groups is 1. The first-order valence-corrected chi connectivity index (χ1v) is 8.70. The molecular formula is C19H23F3IN5O. The molecule has 0 spiro atoms. The van der Waals surface area contributed by atoms with Crippen LogP contribution in [0.4, 0.5) is 13.2 Å². The third-order valence-electron chi connectivity index (χ3n) is 3.80.